The van der Waals surface area contributed by atoms with E-state index in [4.69, 9.17) is 20.4 Å². The summed E-state index contributed by atoms with van der Waals surface area (Å²) in [5.41, 5.74) is 6.28. The number of amidine groups is 1. The van der Waals surface area contributed by atoms with E-state index in [9.17, 15) is 4.79 Å². The monoisotopic (exact) mass is 295 g/mol. The largest absolute Gasteiger partial charge is 0.409 e. The van der Waals surface area contributed by atoms with Gasteiger partial charge in [-0.1, -0.05) is 35.5 Å². The molecule has 2 atom stereocenters. The normalized spacial score (nSPS) is 14.5. The molecule has 4 N–H and O–H groups in total. The molecule has 0 aliphatic heterocycles. The van der Waals surface area contributed by atoms with Crippen LogP contribution in [-0.4, -0.2) is 50.4 Å². The third-order valence-corrected chi connectivity index (χ3v) is 3.00. The molecule has 7 heteroatoms. The molecule has 0 saturated carbocycles. The first-order chi connectivity index (χ1) is 10.1. The van der Waals surface area contributed by atoms with Crippen molar-refractivity contribution in [2.45, 2.75) is 12.0 Å². The molecule has 0 radical (unpaired) electrons. The zero-order valence-electron chi connectivity index (χ0n) is 12.2. The van der Waals surface area contributed by atoms with Gasteiger partial charge in [0.05, 0.1) is 12.7 Å². The number of amides is 1. The highest BCUT2D eigenvalue weighted by molar-refractivity contribution is 6.07. The van der Waals surface area contributed by atoms with Gasteiger partial charge in [0.1, 0.15) is 5.92 Å². The second-order valence-electron chi connectivity index (χ2n) is 4.43. The van der Waals surface area contributed by atoms with Crippen LogP contribution in [-0.2, 0) is 14.3 Å². The highest BCUT2D eigenvalue weighted by Crippen LogP contribution is 2.16. The van der Waals surface area contributed by atoms with Crippen LogP contribution in [0.3, 0.4) is 0 Å². The van der Waals surface area contributed by atoms with Crippen LogP contribution in [0, 0.1) is 0 Å². The molecule has 0 bridgehead atoms. The number of nitrogens with one attached hydrogen (secondary N) is 1. The zero-order valence-corrected chi connectivity index (χ0v) is 12.2. The Morgan fingerprint density at radius 1 is 1.38 bits per heavy atom. The van der Waals surface area contributed by atoms with Gasteiger partial charge in [0.15, 0.2) is 5.84 Å². The van der Waals surface area contributed by atoms with Gasteiger partial charge in [0.2, 0.25) is 5.91 Å². The van der Waals surface area contributed by atoms with Crippen molar-refractivity contribution in [3.63, 3.8) is 0 Å². The maximum absolute atomic E-state index is 12.3. The van der Waals surface area contributed by atoms with Gasteiger partial charge in [-0.2, -0.15) is 0 Å². The van der Waals surface area contributed by atoms with Crippen LogP contribution in [0.2, 0.25) is 0 Å². The number of benzene rings is 1. The predicted octanol–water partition coefficient (Wildman–Crippen LogP) is 0.294. The minimum atomic E-state index is -0.851. The number of hydrogen-bond acceptors (Lipinski definition) is 5. The number of rotatable bonds is 8. The zero-order chi connectivity index (χ0) is 15.7. The first-order valence-corrected chi connectivity index (χ1v) is 6.45. The van der Waals surface area contributed by atoms with Gasteiger partial charge in [-0.25, -0.2) is 0 Å². The van der Waals surface area contributed by atoms with E-state index >= 15 is 0 Å². The van der Waals surface area contributed by atoms with Crippen molar-refractivity contribution in [3.05, 3.63) is 35.9 Å². The number of nitrogens with two attached hydrogens (primary N) is 1. The van der Waals surface area contributed by atoms with E-state index in [0.717, 1.165) is 0 Å². The summed E-state index contributed by atoms with van der Waals surface area (Å²) < 4.78 is 10.1. The second-order valence-corrected chi connectivity index (χ2v) is 4.43. The van der Waals surface area contributed by atoms with Gasteiger partial charge in [0.25, 0.3) is 0 Å². The average molecular weight is 295 g/mol. The van der Waals surface area contributed by atoms with Crippen molar-refractivity contribution < 1.29 is 19.5 Å². The fraction of sp³-hybridized carbons (Fsp3) is 0.429. The fourth-order valence-electron chi connectivity index (χ4n) is 1.87. The summed E-state index contributed by atoms with van der Waals surface area (Å²) in [6, 6.07) is 8.87. The molecule has 7 nitrogen and oxygen atoms in total. The Hall–Kier alpha value is -2.12. The third kappa shape index (κ3) is 5.05. The highest BCUT2D eigenvalue weighted by Gasteiger charge is 2.25. The maximum Gasteiger partial charge on any atom is 0.235 e. The lowest BCUT2D eigenvalue weighted by Gasteiger charge is -2.19. The molecule has 0 fully saturated rings. The molecule has 1 aromatic carbocycles. The molecule has 1 rings (SSSR count). The molecule has 1 amide bonds. The van der Waals surface area contributed by atoms with Crippen LogP contribution in [0.4, 0.5) is 0 Å². The Morgan fingerprint density at radius 3 is 2.57 bits per heavy atom. The van der Waals surface area contributed by atoms with Gasteiger partial charge in [0, 0.05) is 20.8 Å². The lowest BCUT2D eigenvalue weighted by molar-refractivity contribution is -0.122. The van der Waals surface area contributed by atoms with Crippen LogP contribution in [0.15, 0.2) is 35.5 Å². The molecular formula is C14H21N3O4. The number of hydrogen-bond donors (Lipinski definition) is 3. The van der Waals surface area contributed by atoms with Crippen molar-refractivity contribution in [2.24, 2.45) is 10.9 Å². The summed E-state index contributed by atoms with van der Waals surface area (Å²) >= 11 is 0. The highest BCUT2D eigenvalue weighted by atomic mass is 16.5. The predicted molar refractivity (Wildman–Crippen MR) is 78.3 cm³/mol. The van der Waals surface area contributed by atoms with Gasteiger partial charge >= 0.3 is 0 Å². The van der Waals surface area contributed by atoms with Crippen molar-refractivity contribution >= 4 is 11.7 Å². The molecule has 0 aliphatic carbocycles. The molecule has 2 unspecified atom stereocenters. The van der Waals surface area contributed by atoms with E-state index in [2.05, 4.69) is 10.5 Å². The topological polar surface area (TPSA) is 106 Å². The minimum absolute atomic E-state index is 0.167. The molecule has 0 spiro atoms. The summed E-state index contributed by atoms with van der Waals surface area (Å²) in [6.45, 7) is 0.627. The summed E-state index contributed by atoms with van der Waals surface area (Å²) in [7, 11) is 3.09. The summed E-state index contributed by atoms with van der Waals surface area (Å²) in [6.07, 6.45) is -0.261. The number of methoxy groups -OCH3 is 2. The van der Waals surface area contributed by atoms with E-state index in [1.165, 1.54) is 7.11 Å². The summed E-state index contributed by atoms with van der Waals surface area (Å²) in [5.74, 6) is -1.38. The molecule has 21 heavy (non-hydrogen) atoms. The molecule has 1 aromatic rings. The van der Waals surface area contributed by atoms with Crippen LogP contribution in [0.25, 0.3) is 0 Å². The van der Waals surface area contributed by atoms with Crippen molar-refractivity contribution in [2.75, 3.05) is 27.4 Å². The Kier molecular flexibility index (Phi) is 7.20. The van der Waals surface area contributed by atoms with E-state index in [1.54, 1.807) is 31.4 Å². The number of carbonyl (C=O) groups excluding carboxylic acids is 1. The van der Waals surface area contributed by atoms with E-state index < -0.39 is 5.92 Å². The third-order valence-electron chi connectivity index (χ3n) is 3.00. The SMILES string of the molecule is COCC(CNC(=O)C(/C(N)=N/O)c1ccccc1)OC. The van der Waals surface area contributed by atoms with Gasteiger partial charge in [-0.15, -0.1) is 0 Å². The standard InChI is InChI=1S/C14H21N3O4/c1-20-9-11(21-2)8-16-14(18)12(13(15)17-19)10-6-4-3-5-7-10/h3-7,11-12,19H,8-9H2,1-2H3,(H2,15,17)(H,16,18). The molecule has 0 saturated heterocycles. The number of carbonyl (C=O) groups is 1. The van der Waals surface area contributed by atoms with E-state index in [-0.39, 0.29) is 24.4 Å². The van der Waals surface area contributed by atoms with Crippen LogP contribution >= 0.6 is 0 Å². The van der Waals surface area contributed by atoms with Crippen molar-refractivity contribution in [3.8, 4) is 0 Å². The Labute approximate surface area is 123 Å². The van der Waals surface area contributed by atoms with Gasteiger partial charge in [-0.05, 0) is 5.56 Å². The summed E-state index contributed by atoms with van der Waals surface area (Å²) in [4.78, 5) is 12.3. The summed E-state index contributed by atoms with van der Waals surface area (Å²) in [5, 5.41) is 14.5. The lowest BCUT2D eigenvalue weighted by Crippen LogP contribution is -2.41. The van der Waals surface area contributed by atoms with Crippen LogP contribution in [0.1, 0.15) is 11.5 Å². The number of ether oxygens (including phenoxy) is 2. The Bertz CT molecular complexity index is 465. The second kappa shape index (κ2) is 8.93. The van der Waals surface area contributed by atoms with Gasteiger partial charge in [-0.3, -0.25) is 4.79 Å². The smallest absolute Gasteiger partial charge is 0.235 e. The minimum Gasteiger partial charge on any atom is -0.409 e. The molecular weight excluding hydrogens is 274 g/mol. The fourth-order valence-corrected chi connectivity index (χ4v) is 1.87. The molecule has 0 aliphatic rings. The maximum atomic E-state index is 12.3. The lowest BCUT2D eigenvalue weighted by atomic mass is 9.97. The van der Waals surface area contributed by atoms with Crippen LogP contribution in [0.5, 0.6) is 0 Å². The first-order valence-electron chi connectivity index (χ1n) is 6.45. The quantitative estimate of drug-likeness (QED) is 0.277. The molecule has 116 valence electrons. The Balaban J connectivity index is 2.78. The van der Waals surface area contributed by atoms with E-state index in [1.807, 2.05) is 6.07 Å². The van der Waals surface area contributed by atoms with Crippen molar-refractivity contribution in [1.29, 1.82) is 0 Å². The number of nitrogens with zero attached hydrogens (tertiary/aromatic N) is 1. The molecule has 0 heterocycles. The number of oxime groups is 1. The van der Waals surface area contributed by atoms with Gasteiger partial charge < -0.3 is 25.7 Å². The van der Waals surface area contributed by atoms with Crippen molar-refractivity contribution in [1.82, 2.24) is 5.32 Å². The average Bonchev–Trinajstić information content (AvgIpc) is 2.52. The molecule has 0 aromatic heterocycles. The Morgan fingerprint density at radius 2 is 2.05 bits per heavy atom. The van der Waals surface area contributed by atoms with Crippen LogP contribution < -0.4 is 11.1 Å². The van der Waals surface area contributed by atoms with E-state index in [0.29, 0.717) is 12.2 Å². The first kappa shape index (κ1) is 16.9.